The summed E-state index contributed by atoms with van der Waals surface area (Å²) in [5.41, 5.74) is 1.20. The molecule has 0 amide bonds. The van der Waals surface area contributed by atoms with E-state index in [0.29, 0.717) is 0 Å². The Labute approximate surface area is 136 Å². The van der Waals surface area contributed by atoms with Gasteiger partial charge in [-0.2, -0.15) is 0 Å². The normalized spacial score (nSPS) is 11.3. The summed E-state index contributed by atoms with van der Waals surface area (Å²) in [4.78, 5) is 6.89. The topological polar surface area (TPSA) is 45.7 Å². The first-order chi connectivity index (χ1) is 10.7. The molecular weight excluding hydrogens is 294 g/mol. The first-order valence-corrected chi connectivity index (χ1v) is 8.16. The minimum Gasteiger partial charge on any atom is -0.496 e. The SMILES string of the molecule is CN=C(NCCc1ccccc1OC)NCc1ccc(C)s1. The number of aryl methyl sites for hydroxylation is 1. The van der Waals surface area contributed by atoms with Crippen molar-refractivity contribution in [3.8, 4) is 5.75 Å². The van der Waals surface area contributed by atoms with E-state index >= 15 is 0 Å². The van der Waals surface area contributed by atoms with Crippen molar-refractivity contribution in [2.24, 2.45) is 4.99 Å². The number of hydrogen-bond donors (Lipinski definition) is 2. The molecule has 118 valence electrons. The van der Waals surface area contributed by atoms with E-state index in [9.17, 15) is 0 Å². The molecule has 1 heterocycles. The van der Waals surface area contributed by atoms with Gasteiger partial charge in [-0.3, -0.25) is 4.99 Å². The van der Waals surface area contributed by atoms with Crippen LogP contribution in [0.3, 0.4) is 0 Å². The van der Waals surface area contributed by atoms with Crippen LogP contribution in [0, 0.1) is 6.92 Å². The fourth-order valence-corrected chi connectivity index (χ4v) is 3.03. The van der Waals surface area contributed by atoms with Gasteiger partial charge in [-0.15, -0.1) is 11.3 Å². The molecular formula is C17H23N3OS. The third-order valence-corrected chi connectivity index (χ3v) is 4.33. The van der Waals surface area contributed by atoms with E-state index in [-0.39, 0.29) is 0 Å². The van der Waals surface area contributed by atoms with Crippen molar-refractivity contribution in [3.05, 3.63) is 51.7 Å². The minimum absolute atomic E-state index is 0.798. The second-order valence-electron chi connectivity index (χ2n) is 4.93. The summed E-state index contributed by atoms with van der Waals surface area (Å²) in [6.45, 7) is 3.73. The molecule has 2 rings (SSSR count). The van der Waals surface area contributed by atoms with Crippen molar-refractivity contribution in [3.63, 3.8) is 0 Å². The fraction of sp³-hybridized carbons (Fsp3) is 0.353. The fourth-order valence-electron chi connectivity index (χ4n) is 2.20. The van der Waals surface area contributed by atoms with Crippen LogP contribution in [0.25, 0.3) is 0 Å². The third-order valence-electron chi connectivity index (χ3n) is 3.33. The Morgan fingerprint density at radius 2 is 2.00 bits per heavy atom. The van der Waals surface area contributed by atoms with Crippen molar-refractivity contribution in [2.45, 2.75) is 19.9 Å². The predicted molar refractivity (Wildman–Crippen MR) is 94.0 cm³/mol. The maximum atomic E-state index is 5.36. The average Bonchev–Trinajstić information content (AvgIpc) is 2.96. The summed E-state index contributed by atoms with van der Waals surface area (Å²) >= 11 is 1.80. The zero-order chi connectivity index (χ0) is 15.8. The molecule has 22 heavy (non-hydrogen) atoms. The van der Waals surface area contributed by atoms with Gasteiger partial charge in [0, 0.05) is 23.3 Å². The quantitative estimate of drug-likeness (QED) is 0.636. The Morgan fingerprint density at radius 3 is 2.68 bits per heavy atom. The number of aliphatic imine (C=N–C) groups is 1. The summed E-state index contributed by atoms with van der Waals surface area (Å²) in [6.07, 6.45) is 0.892. The third kappa shape index (κ3) is 4.77. The molecule has 0 fully saturated rings. The zero-order valence-electron chi connectivity index (χ0n) is 13.3. The number of benzene rings is 1. The molecule has 0 bridgehead atoms. The van der Waals surface area contributed by atoms with Gasteiger partial charge >= 0.3 is 0 Å². The van der Waals surface area contributed by atoms with Crippen molar-refractivity contribution in [1.29, 1.82) is 0 Å². The molecule has 0 atom stereocenters. The lowest BCUT2D eigenvalue weighted by atomic mass is 10.1. The Bertz CT molecular complexity index is 622. The highest BCUT2D eigenvalue weighted by molar-refractivity contribution is 7.11. The summed E-state index contributed by atoms with van der Waals surface area (Å²) in [7, 11) is 3.49. The maximum absolute atomic E-state index is 5.36. The highest BCUT2D eigenvalue weighted by atomic mass is 32.1. The standard InChI is InChI=1S/C17H23N3OS/c1-13-8-9-15(22-13)12-20-17(18-2)19-11-10-14-6-4-5-7-16(14)21-3/h4-9H,10-12H2,1-3H3,(H2,18,19,20). The maximum Gasteiger partial charge on any atom is 0.191 e. The largest absolute Gasteiger partial charge is 0.496 e. The van der Waals surface area contributed by atoms with E-state index in [0.717, 1.165) is 31.2 Å². The highest BCUT2D eigenvalue weighted by Gasteiger charge is 2.03. The molecule has 2 aromatic rings. The lowest BCUT2D eigenvalue weighted by molar-refractivity contribution is 0.409. The van der Waals surface area contributed by atoms with Gasteiger partial charge in [0.15, 0.2) is 5.96 Å². The Balaban J connectivity index is 1.79. The van der Waals surface area contributed by atoms with Crippen molar-refractivity contribution < 1.29 is 4.74 Å². The molecule has 0 unspecified atom stereocenters. The molecule has 0 aliphatic carbocycles. The van der Waals surface area contributed by atoms with Gasteiger partial charge in [0.2, 0.25) is 0 Å². The van der Waals surface area contributed by atoms with Crippen LogP contribution in [0.1, 0.15) is 15.3 Å². The van der Waals surface area contributed by atoms with Gasteiger partial charge in [0.05, 0.1) is 13.7 Å². The minimum atomic E-state index is 0.798. The summed E-state index contributed by atoms with van der Waals surface area (Å²) in [5, 5.41) is 6.67. The van der Waals surface area contributed by atoms with Crippen molar-refractivity contribution in [1.82, 2.24) is 10.6 Å². The first-order valence-electron chi connectivity index (χ1n) is 7.34. The van der Waals surface area contributed by atoms with Gasteiger partial charge in [0.1, 0.15) is 5.75 Å². The van der Waals surface area contributed by atoms with Crippen molar-refractivity contribution >= 4 is 17.3 Å². The number of nitrogens with one attached hydrogen (secondary N) is 2. The molecule has 5 heteroatoms. The molecule has 1 aromatic carbocycles. The number of nitrogens with zero attached hydrogens (tertiary/aromatic N) is 1. The monoisotopic (exact) mass is 317 g/mol. The van der Waals surface area contributed by atoms with E-state index in [1.807, 2.05) is 18.2 Å². The van der Waals surface area contributed by atoms with Gasteiger partial charge in [-0.1, -0.05) is 18.2 Å². The molecule has 0 aliphatic rings. The summed E-state index contributed by atoms with van der Waals surface area (Å²) in [6, 6.07) is 12.4. The van der Waals surface area contributed by atoms with Gasteiger partial charge in [0.25, 0.3) is 0 Å². The Morgan fingerprint density at radius 1 is 1.18 bits per heavy atom. The number of thiophene rings is 1. The van der Waals surface area contributed by atoms with E-state index in [1.54, 1.807) is 25.5 Å². The van der Waals surface area contributed by atoms with Gasteiger partial charge < -0.3 is 15.4 Å². The number of ether oxygens (including phenoxy) is 1. The van der Waals surface area contributed by atoms with E-state index < -0.39 is 0 Å². The smallest absolute Gasteiger partial charge is 0.191 e. The Hall–Kier alpha value is -2.01. The van der Waals surface area contributed by atoms with Crippen LogP contribution >= 0.6 is 11.3 Å². The van der Waals surface area contributed by atoms with E-state index in [2.05, 4.69) is 40.7 Å². The molecule has 0 saturated carbocycles. The lowest BCUT2D eigenvalue weighted by Crippen LogP contribution is -2.37. The number of methoxy groups -OCH3 is 1. The predicted octanol–water partition coefficient (Wildman–Crippen LogP) is 2.97. The average molecular weight is 317 g/mol. The van der Waals surface area contributed by atoms with Crippen LogP contribution in [0.5, 0.6) is 5.75 Å². The van der Waals surface area contributed by atoms with Crippen LogP contribution in [0.4, 0.5) is 0 Å². The summed E-state index contributed by atoms with van der Waals surface area (Å²) in [5.74, 6) is 1.75. The first kappa shape index (κ1) is 16.4. The van der Waals surface area contributed by atoms with Crippen LogP contribution in [-0.2, 0) is 13.0 Å². The zero-order valence-corrected chi connectivity index (χ0v) is 14.2. The second kappa shape index (κ2) is 8.44. The van der Waals surface area contributed by atoms with Crippen molar-refractivity contribution in [2.75, 3.05) is 20.7 Å². The number of hydrogen-bond acceptors (Lipinski definition) is 3. The summed E-state index contributed by atoms with van der Waals surface area (Å²) < 4.78 is 5.36. The van der Waals surface area contributed by atoms with E-state index in [1.165, 1.54) is 15.3 Å². The Kier molecular flexibility index (Phi) is 6.27. The molecule has 0 saturated heterocycles. The molecule has 2 N–H and O–H groups in total. The highest BCUT2D eigenvalue weighted by Crippen LogP contribution is 2.17. The van der Waals surface area contributed by atoms with Gasteiger partial charge in [-0.05, 0) is 37.1 Å². The molecule has 1 aromatic heterocycles. The van der Waals surface area contributed by atoms with Crippen LogP contribution in [-0.4, -0.2) is 26.7 Å². The van der Waals surface area contributed by atoms with E-state index in [4.69, 9.17) is 4.74 Å². The van der Waals surface area contributed by atoms with Crippen LogP contribution < -0.4 is 15.4 Å². The molecule has 4 nitrogen and oxygen atoms in total. The lowest BCUT2D eigenvalue weighted by Gasteiger charge is -2.12. The van der Waals surface area contributed by atoms with Gasteiger partial charge in [-0.25, -0.2) is 0 Å². The molecule has 0 aliphatic heterocycles. The second-order valence-corrected chi connectivity index (χ2v) is 6.30. The molecule has 0 radical (unpaired) electrons. The number of rotatable bonds is 6. The number of guanidine groups is 1. The molecule has 0 spiro atoms. The number of para-hydroxylation sites is 1. The van der Waals surface area contributed by atoms with Crippen LogP contribution in [0.15, 0.2) is 41.4 Å². The van der Waals surface area contributed by atoms with Crippen LogP contribution in [0.2, 0.25) is 0 Å².